The first kappa shape index (κ1) is 11.1. The van der Waals surface area contributed by atoms with E-state index in [9.17, 15) is 4.39 Å². The van der Waals surface area contributed by atoms with Gasteiger partial charge in [0.15, 0.2) is 0 Å². The molecular weight excluding hydrogens is 257 g/mol. The highest BCUT2D eigenvalue weighted by molar-refractivity contribution is 9.10. The number of benzene rings is 1. The van der Waals surface area contributed by atoms with Crippen molar-refractivity contribution in [3.8, 4) is 0 Å². The normalized spacial score (nSPS) is 18.6. The van der Waals surface area contributed by atoms with Gasteiger partial charge in [-0.25, -0.2) is 4.39 Å². The molecule has 1 unspecified atom stereocenters. The van der Waals surface area contributed by atoms with E-state index in [2.05, 4.69) is 15.9 Å². The lowest BCUT2D eigenvalue weighted by Crippen LogP contribution is -2.36. The van der Waals surface area contributed by atoms with Gasteiger partial charge in [0.2, 0.25) is 0 Å². The zero-order valence-electron chi connectivity index (χ0n) is 8.55. The fourth-order valence-corrected chi connectivity index (χ4v) is 2.40. The molecule has 2 rings (SSSR count). The minimum atomic E-state index is -0.145. The molecule has 0 saturated heterocycles. The number of nitrogens with two attached hydrogens (primary N) is 1. The molecule has 1 aliphatic rings. The molecule has 1 aromatic carbocycles. The molecule has 2 N–H and O–H groups in total. The predicted molar refractivity (Wildman–Crippen MR) is 63.1 cm³/mol. The molecule has 0 radical (unpaired) electrons. The molecule has 1 aromatic rings. The van der Waals surface area contributed by atoms with Crippen molar-refractivity contribution in [2.24, 2.45) is 11.7 Å². The monoisotopic (exact) mass is 271 g/mol. The van der Waals surface area contributed by atoms with Crippen molar-refractivity contribution in [3.63, 3.8) is 0 Å². The van der Waals surface area contributed by atoms with Crippen molar-refractivity contribution in [1.29, 1.82) is 0 Å². The zero-order chi connectivity index (χ0) is 10.8. The summed E-state index contributed by atoms with van der Waals surface area (Å²) in [4.78, 5) is 0. The second-order valence-corrected chi connectivity index (χ2v) is 5.21. The van der Waals surface area contributed by atoms with E-state index in [1.807, 2.05) is 6.07 Å². The summed E-state index contributed by atoms with van der Waals surface area (Å²) in [5.41, 5.74) is 6.77. The standard InChI is InChI=1S/C12H15BrFN/c13-10-4-5-11(14)9(6-10)7-12(15)8-2-1-3-8/h4-6,8,12H,1-3,7,15H2. The second-order valence-electron chi connectivity index (χ2n) is 4.29. The van der Waals surface area contributed by atoms with Gasteiger partial charge in [0.1, 0.15) is 5.82 Å². The Labute approximate surface area is 98.0 Å². The van der Waals surface area contributed by atoms with Gasteiger partial charge in [0.05, 0.1) is 0 Å². The Balaban J connectivity index is 2.05. The van der Waals surface area contributed by atoms with Crippen LogP contribution in [0.15, 0.2) is 22.7 Å². The van der Waals surface area contributed by atoms with E-state index in [-0.39, 0.29) is 11.9 Å². The number of hydrogen-bond acceptors (Lipinski definition) is 1. The largest absolute Gasteiger partial charge is 0.327 e. The van der Waals surface area contributed by atoms with Crippen LogP contribution in [0.4, 0.5) is 4.39 Å². The highest BCUT2D eigenvalue weighted by Crippen LogP contribution is 2.30. The summed E-state index contributed by atoms with van der Waals surface area (Å²) >= 11 is 3.35. The average Bonchev–Trinajstić information content (AvgIpc) is 2.08. The molecule has 0 amide bonds. The molecule has 0 heterocycles. The van der Waals surface area contributed by atoms with Crippen LogP contribution in [0.1, 0.15) is 24.8 Å². The number of halogens is 2. The second kappa shape index (κ2) is 4.62. The summed E-state index contributed by atoms with van der Waals surface area (Å²) in [6.45, 7) is 0. The van der Waals surface area contributed by atoms with Gasteiger partial charge in [0.25, 0.3) is 0 Å². The maximum Gasteiger partial charge on any atom is 0.126 e. The Bertz CT molecular complexity index is 349. The van der Waals surface area contributed by atoms with E-state index in [4.69, 9.17) is 5.73 Å². The van der Waals surface area contributed by atoms with Gasteiger partial charge in [-0.3, -0.25) is 0 Å². The third-order valence-corrected chi connectivity index (χ3v) is 3.71. The van der Waals surface area contributed by atoms with E-state index in [0.717, 1.165) is 10.0 Å². The lowest BCUT2D eigenvalue weighted by molar-refractivity contribution is 0.259. The van der Waals surface area contributed by atoms with Crippen LogP contribution in [0.5, 0.6) is 0 Å². The Hall–Kier alpha value is -0.410. The van der Waals surface area contributed by atoms with Gasteiger partial charge < -0.3 is 5.73 Å². The third-order valence-electron chi connectivity index (χ3n) is 3.22. The Morgan fingerprint density at radius 3 is 2.80 bits per heavy atom. The van der Waals surface area contributed by atoms with Gasteiger partial charge in [-0.15, -0.1) is 0 Å². The SMILES string of the molecule is NC(Cc1cc(Br)ccc1F)C1CCC1. The molecule has 0 spiro atoms. The van der Waals surface area contributed by atoms with Crippen molar-refractivity contribution in [2.75, 3.05) is 0 Å². The summed E-state index contributed by atoms with van der Waals surface area (Å²) in [5.74, 6) is 0.455. The predicted octanol–water partition coefficient (Wildman–Crippen LogP) is 3.26. The highest BCUT2D eigenvalue weighted by Gasteiger charge is 2.25. The van der Waals surface area contributed by atoms with E-state index < -0.39 is 0 Å². The third kappa shape index (κ3) is 2.58. The number of hydrogen-bond donors (Lipinski definition) is 1. The summed E-state index contributed by atoms with van der Waals surface area (Å²) in [6.07, 6.45) is 4.34. The Morgan fingerprint density at radius 1 is 1.47 bits per heavy atom. The van der Waals surface area contributed by atoms with Gasteiger partial charge in [-0.05, 0) is 48.9 Å². The van der Waals surface area contributed by atoms with Gasteiger partial charge in [-0.2, -0.15) is 0 Å². The smallest absolute Gasteiger partial charge is 0.126 e. The van der Waals surface area contributed by atoms with Crippen molar-refractivity contribution >= 4 is 15.9 Å². The van der Waals surface area contributed by atoms with E-state index in [1.54, 1.807) is 6.07 Å². The van der Waals surface area contributed by atoms with Gasteiger partial charge >= 0.3 is 0 Å². The van der Waals surface area contributed by atoms with Crippen LogP contribution in [0.2, 0.25) is 0 Å². The number of rotatable bonds is 3. The van der Waals surface area contributed by atoms with E-state index in [0.29, 0.717) is 12.3 Å². The van der Waals surface area contributed by atoms with Crippen LogP contribution in [0, 0.1) is 11.7 Å². The van der Waals surface area contributed by atoms with Crippen LogP contribution in [0.3, 0.4) is 0 Å². The molecular formula is C12H15BrFN. The highest BCUT2D eigenvalue weighted by atomic mass is 79.9. The first-order valence-electron chi connectivity index (χ1n) is 5.36. The fourth-order valence-electron chi connectivity index (χ4n) is 1.99. The molecule has 1 saturated carbocycles. The van der Waals surface area contributed by atoms with Gasteiger partial charge in [-0.1, -0.05) is 22.4 Å². The molecule has 82 valence electrons. The fraction of sp³-hybridized carbons (Fsp3) is 0.500. The first-order valence-corrected chi connectivity index (χ1v) is 6.15. The maximum absolute atomic E-state index is 13.4. The first-order chi connectivity index (χ1) is 7.16. The van der Waals surface area contributed by atoms with Crippen LogP contribution < -0.4 is 5.73 Å². The molecule has 15 heavy (non-hydrogen) atoms. The summed E-state index contributed by atoms with van der Waals surface area (Å²) in [6, 6.07) is 5.15. The summed E-state index contributed by atoms with van der Waals surface area (Å²) in [7, 11) is 0. The van der Waals surface area contributed by atoms with E-state index >= 15 is 0 Å². The minimum Gasteiger partial charge on any atom is -0.327 e. The van der Waals surface area contributed by atoms with Crippen LogP contribution >= 0.6 is 15.9 Å². The maximum atomic E-state index is 13.4. The van der Waals surface area contributed by atoms with Crippen molar-refractivity contribution < 1.29 is 4.39 Å². The summed E-state index contributed by atoms with van der Waals surface area (Å²) in [5, 5.41) is 0. The molecule has 1 aliphatic carbocycles. The Morgan fingerprint density at radius 2 is 2.20 bits per heavy atom. The van der Waals surface area contributed by atoms with Crippen molar-refractivity contribution in [2.45, 2.75) is 31.7 Å². The van der Waals surface area contributed by atoms with Crippen molar-refractivity contribution in [3.05, 3.63) is 34.1 Å². The van der Waals surface area contributed by atoms with Crippen LogP contribution in [-0.4, -0.2) is 6.04 Å². The lowest BCUT2D eigenvalue weighted by atomic mass is 9.78. The quantitative estimate of drug-likeness (QED) is 0.898. The molecule has 1 fully saturated rings. The summed E-state index contributed by atoms with van der Waals surface area (Å²) < 4.78 is 14.4. The zero-order valence-corrected chi connectivity index (χ0v) is 10.1. The van der Waals surface area contributed by atoms with Crippen molar-refractivity contribution in [1.82, 2.24) is 0 Å². The van der Waals surface area contributed by atoms with E-state index in [1.165, 1.54) is 25.3 Å². The van der Waals surface area contributed by atoms with Gasteiger partial charge in [0, 0.05) is 10.5 Å². The van der Waals surface area contributed by atoms with Crippen LogP contribution in [-0.2, 0) is 6.42 Å². The lowest BCUT2D eigenvalue weighted by Gasteiger charge is -2.31. The molecule has 1 atom stereocenters. The molecule has 0 bridgehead atoms. The molecule has 3 heteroatoms. The minimum absolute atomic E-state index is 0.113. The topological polar surface area (TPSA) is 26.0 Å². The van der Waals surface area contributed by atoms with Crippen LogP contribution in [0.25, 0.3) is 0 Å². The molecule has 0 aromatic heterocycles. The Kier molecular flexibility index (Phi) is 3.42. The molecule has 0 aliphatic heterocycles. The molecule has 1 nitrogen and oxygen atoms in total. The average molecular weight is 272 g/mol.